The fourth-order valence-corrected chi connectivity index (χ4v) is 1.16. The number of allylic oxidation sites excluding steroid dienone is 1. The van der Waals surface area contributed by atoms with Gasteiger partial charge in [0.1, 0.15) is 0 Å². The first-order valence-corrected chi connectivity index (χ1v) is 5.15. The fourth-order valence-electron chi connectivity index (χ4n) is 1.16. The smallest absolute Gasteiger partial charge is 0.0985 e. The van der Waals surface area contributed by atoms with Crippen LogP contribution in [-0.4, -0.2) is 19.3 Å². The Morgan fingerprint density at radius 3 is 3.14 bits per heavy atom. The fraction of sp³-hybridized carbons (Fsp3) is 0.800. The van der Waals surface area contributed by atoms with Crippen molar-refractivity contribution in [2.75, 3.05) is 13.2 Å². The van der Waals surface area contributed by atoms with Crippen LogP contribution in [0.1, 0.15) is 32.6 Å². The van der Waals surface area contributed by atoms with E-state index in [0.717, 1.165) is 32.3 Å². The highest BCUT2D eigenvalue weighted by Crippen LogP contribution is 2.12. The van der Waals surface area contributed by atoms with Gasteiger partial charge in [0.15, 0.2) is 0 Å². The van der Waals surface area contributed by atoms with Gasteiger partial charge in [0.2, 0.25) is 0 Å². The van der Waals surface area contributed by atoms with Crippen molar-refractivity contribution in [2.45, 2.75) is 38.7 Å². The lowest BCUT2D eigenvalue weighted by Crippen LogP contribution is -2.22. The lowest BCUT2D eigenvalue weighted by Gasteiger charge is -2.19. The van der Waals surface area contributed by atoms with E-state index in [9.17, 15) is 0 Å². The van der Waals surface area contributed by atoms with Gasteiger partial charge in [-0.3, -0.25) is 0 Å². The van der Waals surface area contributed by atoms with Crippen LogP contribution in [0.15, 0.2) is 12.3 Å². The molecule has 1 aliphatic rings. The maximum absolute atomic E-state index is 5.26. The molecule has 0 bridgehead atoms. The van der Waals surface area contributed by atoms with Crippen LogP contribution in [-0.2, 0) is 19.6 Å². The van der Waals surface area contributed by atoms with E-state index < -0.39 is 0 Å². The summed E-state index contributed by atoms with van der Waals surface area (Å²) in [6.07, 6.45) is 7.73. The molecule has 0 saturated carbocycles. The van der Waals surface area contributed by atoms with Crippen molar-refractivity contribution in [3.05, 3.63) is 12.3 Å². The van der Waals surface area contributed by atoms with Gasteiger partial charge in [-0.25, -0.2) is 9.78 Å². The van der Waals surface area contributed by atoms with E-state index in [1.54, 1.807) is 6.26 Å². The molecule has 1 fully saturated rings. The summed E-state index contributed by atoms with van der Waals surface area (Å²) < 4.78 is 5.26. The van der Waals surface area contributed by atoms with Crippen LogP contribution in [0, 0.1) is 0 Å². The van der Waals surface area contributed by atoms with E-state index in [4.69, 9.17) is 9.62 Å². The van der Waals surface area contributed by atoms with Gasteiger partial charge < -0.3 is 4.74 Å². The second-order valence-corrected chi connectivity index (χ2v) is 3.19. The third-order valence-corrected chi connectivity index (χ3v) is 1.96. The lowest BCUT2D eigenvalue weighted by atomic mass is 10.1. The molecule has 4 nitrogen and oxygen atoms in total. The summed E-state index contributed by atoms with van der Waals surface area (Å²) in [6.45, 7) is 3.42. The summed E-state index contributed by atoms with van der Waals surface area (Å²) in [5, 5.41) is 4.42. The van der Waals surface area contributed by atoms with Gasteiger partial charge in [-0.05, 0) is 19.3 Å². The van der Waals surface area contributed by atoms with Crippen molar-refractivity contribution >= 4 is 0 Å². The van der Waals surface area contributed by atoms with Crippen molar-refractivity contribution in [3.63, 3.8) is 0 Å². The zero-order valence-electron chi connectivity index (χ0n) is 8.61. The molecule has 0 radical (unpaired) electrons. The number of hydrogen-bond acceptors (Lipinski definition) is 4. The lowest BCUT2D eigenvalue weighted by molar-refractivity contribution is -0.549. The van der Waals surface area contributed by atoms with Crippen molar-refractivity contribution in [1.82, 2.24) is 0 Å². The molecule has 1 rings (SSSR count). The summed E-state index contributed by atoms with van der Waals surface area (Å²) in [5.74, 6) is 0. The minimum atomic E-state index is 0.155. The maximum Gasteiger partial charge on any atom is 0.0985 e. The molecule has 14 heavy (non-hydrogen) atoms. The Hall–Kier alpha value is -0.580. The van der Waals surface area contributed by atoms with Gasteiger partial charge in [0, 0.05) is 6.42 Å². The molecule has 4 heteroatoms. The van der Waals surface area contributed by atoms with Crippen molar-refractivity contribution < 1.29 is 19.6 Å². The Labute approximate surface area is 84.6 Å². The van der Waals surface area contributed by atoms with Crippen LogP contribution in [0.5, 0.6) is 0 Å². The average molecular weight is 202 g/mol. The Balaban J connectivity index is 1.89. The normalized spacial score (nSPS) is 22.8. The average Bonchev–Trinajstić information content (AvgIpc) is 2.25. The SMILES string of the molecule is CCC=COCCCC1CCOOO1. The highest BCUT2D eigenvalue weighted by Gasteiger charge is 2.15. The minimum absolute atomic E-state index is 0.155. The molecule has 0 N–H and O–H groups in total. The molecule has 82 valence electrons. The predicted octanol–water partition coefficient (Wildman–Crippen LogP) is 2.36. The standard InChI is InChI=1S/C10H18O4/c1-2-3-7-11-8-4-5-10-6-9-12-14-13-10/h3,7,10H,2,4-6,8-9H2,1H3. The van der Waals surface area contributed by atoms with E-state index in [1.807, 2.05) is 6.08 Å². The number of ether oxygens (including phenoxy) is 1. The molecule has 1 aliphatic heterocycles. The Morgan fingerprint density at radius 1 is 1.50 bits per heavy atom. The van der Waals surface area contributed by atoms with Gasteiger partial charge in [0.25, 0.3) is 0 Å². The highest BCUT2D eigenvalue weighted by molar-refractivity contribution is 4.70. The van der Waals surface area contributed by atoms with Crippen LogP contribution in [0.2, 0.25) is 0 Å². The largest absolute Gasteiger partial charge is 0.502 e. The van der Waals surface area contributed by atoms with Gasteiger partial charge in [-0.2, -0.15) is 0 Å². The molecular formula is C10H18O4. The molecule has 1 atom stereocenters. The van der Waals surface area contributed by atoms with Gasteiger partial charge in [0.05, 0.1) is 25.6 Å². The van der Waals surface area contributed by atoms with Gasteiger partial charge >= 0.3 is 0 Å². The monoisotopic (exact) mass is 202 g/mol. The molecule has 0 aromatic heterocycles. The quantitative estimate of drug-likeness (QED) is 0.376. The van der Waals surface area contributed by atoms with Crippen LogP contribution in [0.25, 0.3) is 0 Å². The Kier molecular flexibility index (Phi) is 6.40. The molecule has 1 unspecified atom stereocenters. The van der Waals surface area contributed by atoms with Crippen molar-refractivity contribution in [2.24, 2.45) is 0 Å². The molecule has 1 saturated heterocycles. The summed E-state index contributed by atoms with van der Waals surface area (Å²) in [7, 11) is 0. The van der Waals surface area contributed by atoms with E-state index in [2.05, 4.69) is 16.8 Å². The molecule has 0 amide bonds. The molecule has 0 aromatic carbocycles. The van der Waals surface area contributed by atoms with E-state index >= 15 is 0 Å². The molecular weight excluding hydrogens is 184 g/mol. The predicted molar refractivity (Wildman–Crippen MR) is 51.1 cm³/mol. The third-order valence-electron chi connectivity index (χ3n) is 1.96. The van der Waals surface area contributed by atoms with Crippen molar-refractivity contribution in [1.29, 1.82) is 0 Å². The number of hydrogen-bond donors (Lipinski definition) is 0. The zero-order valence-corrected chi connectivity index (χ0v) is 8.61. The van der Waals surface area contributed by atoms with Gasteiger partial charge in [-0.15, -0.1) is 0 Å². The molecule has 0 spiro atoms. The second-order valence-electron chi connectivity index (χ2n) is 3.19. The van der Waals surface area contributed by atoms with Crippen LogP contribution in [0.4, 0.5) is 0 Å². The highest BCUT2D eigenvalue weighted by atomic mass is 17.5. The van der Waals surface area contributed by atoms with E-state index in [1.165, 1.54) is 0 Å². The summed E-state index contributed by atoms with van der Waals surface area (Å²) in [6, 6.07) is 0. The molecule has 1 heterocycles. The first-order valence-electron chi connectivity index (χ1n) is 5.15. The maximum atomic E-state index is 5.26. The van der Waals surface area contributed by atoms with E-state index in [-0.39, 0.29) is 6.10 Å². The molecule has 0 aliphatic carbocycles. The van der Waals surface area contributed by atoms with Crippen LogP contribution in [0.3, 0.4) is 0 Å². The van der Waals surface area contributed by atoms with Gasteiger partial charge in [-0.1, -0.05) is 18.0 Å². The zero-order chi connectivity index (χ0) is 10.1. The molecule has 0 aromatic rings. The number of rotatable bonds is 6. The summed E-state index contributed by atoms with van der Waals surface area (Å²) in [4.78, 5) is 9.50. The third kappa shape index (κ3) is 5.21. The second kappa shape index (κ2) is 7.79. The topological polar surface area (TPSA) is 36.9 Å². The first-order chi connectivity index (χ1) is 6.93. The Morgan fingerprint density at radius 2 is 2.43 bits per heavy atom. The first kappa shape index (κ1) is 11.5. The van der Waals surface area contributed by atoms with Crippen molar-refractivity contribution in [3.8, 4) is 0 Å². The van der Waals surface area contributed by atoms with Crippen LogP contribution < -0.4 is 0 Å². The van der Waals surface area contributed by atoms with Crippen LogP contribution >= 0.6 is 0 Å². The minimum Gasteiger partial charge on any atom is -0.502 e. The Bertz CT molecular complexity index is 152. The summed E-state index contributed by atoms with van der Waals surface area (Å²) in [5.41, 5.74) is 0. The van der Waals surface area contributed by atoms with E-state index in [0.29, 0.717) is 6.61 Å². The summed E-state index contributed by atoms with van der Waals surface area (Å²) >= 11 is 0.